The van der Waals surface area contributed by atoms with E-state index in [1.54, 1.807) is 0 Å². The van der Waals surface area contributed by atoms with E-state index in [1.807, 2.05) is 0 Å². The lowest BCUT2D eigenvalue weighted by Crippen LogP contribution is -2.42. The fourth-order valence-electron chi connectivity index (χ4n) is 1.99. The molecule has 2 fully saturated rings. The first-order valence-electron chi connectivity index (χ1n) is 5.30. The van der Waals surface area contributed by atoms with Crippen molar-refractivity contribution in [3.63, 3.8) is 0 Å². The van der Waals surface area contributed by atoms with Crippen LogP contribution in [0.1, 0.15) is 19.3 Å². The summed E-state index contributed by atoms with van der Waals surface area (Å²) in [6.07, 6.45) is 0.912. The summed E-state index contributed by atoms with van der Waals surface area (Å²) in [5.74, 6) is -0.989. The van der Waals surface area contributed by atoms with Gasteiger partial charge in [0.05, 0.1) is 11.9 Å². The standard InChI is InChI=1S/C9H15NO5S/c11-7-3-8(9(12)13)10(4-7)16(14,15)5-6-1-2-6/h6-8,11H,1-5H2,(H,12,13)/t7-,8+/m1/s1. The van der Waals surface area contributed by atoms with E-state index < -0.39 is 28.1 Å². The first-order valence-corrected chi connectivity index (χ1v) is 6.91. The van der Waals surface area contributed by atoms with Crippen molar-refractivity contribution in [3.05, 3.63) is 0 Å². The van der Waals surface area contributed by atoms with Crippen LogP contribution in [0.4, 0.5) is 0 Å². The second kappa shape index (κ2) is 3.97. The van der Waals surface area contributed by atoms with Crippen LogP contribution in [0.2, 0.25) is 0 Å². The average Bonchev–Trinajstić information content (AvgIpc) is 2.84. The second-order valence-electron chi connectivity index (χ2n) is 4.54. The van der Waals surface area contributed by atoms with Gasteiger partial charge >= 0.3 is 5.97 Å². The van der Waals surface area contributed by atoms with Crippen LogP contribution in [-0.4, -0.2) is 53.3 Å². The van der Waals surface area contributed by atoms with Crippen LogP contribution in [0, 0.1) is 5.92 Å². The summed E-state index contributed by atoms with van der Waals surface area (Å²) in [4.78, 5) is 10.9. The van der Waals surface area contributed by atoms with Crippen molar-refractivity contribution in [1.29, 1.82) is 0 Å². The fourth-order valence-corrected chi connectivity index (χ4v) is 4.08. The monoisotopic (exact) mass is 249 g/mol. The highest BCUT2D eigenvalue weighted by molar-refractivity contribution is 7.89. The van der Waals surface area contributed by atoms with E-state index in [4.69, 9.17) is 5.11 Å². The van der Waals surface area contributed by atoms with Gasteiger partial charge in [-0.15, -0.1) is 0 Å². The highest BCUT2D eigenvalue weighted by atomic mass is 32.2. The quantitative estimate of drug-likeness (QED) is 0.683. The van der Waals surface area contributed by atoms with Gasteiger partial charge in [0.2, 0.25) is 10.0 Å². The molecule has 0 amide bonds. The maximum atomic E-state index is 11.9. The van der Waals surface area contributed by atoms with Gasteiger partial charge in [0.25, 0.3) is 0 Å². The third-order valence-corrected chi connectivity index (χ3v) is 5.03. The van der Waals surface area contributed by atoms with Gasteiger partial charge in [-0.1, -0.05) is 0 Å². The van der Waals surface area contributed by atoms with Crippen molar-refractivity contribution < 1.29 is 23.4 Å². The third-order valence-electron chi connectivity index (χ3n) is 3.02. The predicted molar refractivity (Wildman–Crippen MR) is 55.3 cm³/mol. The zero-order valence-corrected chi connectivity index (χ0v) is 9.56. The van der Waals surface area contributed by atoms with Crippen LogP contribution < -0.4 is 0 Å². The summed E-state index contributed by atoms with van der Waals surface area (Å²) in [7, 11) is -3.53. The van der Waals surface area contributed by atoms with Crippen molar-refractivity contribution >= 4 is 16.0 Å². The fraction of sp³-hybridized carbons (Fsp3) is 0.889. The Morgan fingerprint density at radius 1 is 1.38 bits per heavy atom. The molecule has 0 radical (unpaired) electrons. The summed E-state index contributed by atoms with van der Waals surface area (Å²) in [6.45, 7) is -0.0913. The maximum absolute atomic E-state index is 11.9. The van der Waals surface area contributed by atoms with E-state index in [-0.39, 0.29) is 24.6 Å². The van der Waals surface area contributed by atoms with E-state index in [9.17, 15) is 18.3 Å². The van der Waals surface area contributed by atoms with Gasteiger partial charge in [0.1, 0.15) is 6.04 Å². The summed E-state index contributed by atoms with van der Waals surface area (Å²) in [5.41, 5.74) is 0. The molecule has 2 rings (SSSR count). The highest BCUT2D eigenvalue weighted by Gasteiger charge is 2.44. The molecule has 2 N–H and O–H groups in total. The van der Waals surface area contributed by atoms with Crippen molar-refractivity contribution in [3.8, 4) is 0 Å². The normalized spacial score (nSPS) is 31.8. The Hall–Kier alpha value is -0.660. The minimum Gasteiger partial charge on any atom is -0.480 e. The van der Waals surface area contributed by atoms with Crippen LogP contribution in [0.5, 0.6) is 0 Å². The molecule has 0 spiro atoms. The van der Waals surface area contributed by atoms with E-state index >= 15 is 0 Å². The van der Waals surface area contributed by atoms with Gasteiger partial charge in [-0.2, -0.15) is 4.31 Å². The van der Waals surface area contributed by atoms with Crippen molar-refractivity contribution in [2.75, 3.05) is 12.3 Å². The molecule has 1 heterocycles. The van der Waals surface area contributed by atoms with Crippen LogP contribution in [0.25, 0.3) is 0 Å². The van der Waals surface area contributed by atoms with Crippen molar-refractivity contribution in [2.45, 2.75) is 31.4 Å². The average molecular weight is 249 g/mol. The summed E-state index contributed by atoms with van der Waals surface area (Å²) < 4.78 is 24.7. The molecule has 6 nitrogen and oxygen atoms in total. The maximum Gasteiger partial charge on any atom is 0.322 e. The number of nitrogens with zero attached hydrogens (tertiary/aromatic N) is 1. The molecule has 1 aliphatic carbocycles. The van der Waals surface area contributed by atoms with Crippen molar-refractivity contribution in [1.82, 2.24) is 4.31 Å². The van der Waals surface area contributed by atoms with Crippen LogP contribution in [-0.2, 0) is 14.8 Å². The number of carbonyl (C=O) groups is 1. The Kier molecular flexibility index (Phi) is 2.93. The molecule has 1 saturated heterocycles. The summed E-state index contributed by atoms with van der Waals surface area (Å²) in [5, 5.41) is 18.3. The predicted octanol–water partition coefficient (Wildman–Crippen LogP) is -0.754. The molecule has 0 aromatic heterocycles. The number of hydrogen-bond acceptors (Lipinski definition) is 4. The molecule has 0 aromatic carbocycles. The number of aliphatic hydroxyl groups is 1. The SMILES string of the molecule is O=C(O)[C@@H]1C[C@@H](O)CN1S(=O)(=O)CC1CC1. The van der Waals surface area contributed by atoms with Gasteiger partial charge in [0.15, 0.2) is 0 Å². The number of rotatable bonds is 4. The molecule has 2 aliphatic rings. The lowest BCUT2D eigenvalue weighted by atomic mass is 10.2. The molecule has 1 aliphatic heterocycles. The molecule has 92 valence electrons. The number of carboxylic acid groups (broad SMARTS) is 1. The Bertz CT molecular complexity index is 389. The zero-order chi connectivity index (χ0) is 11.9. The first-order chi connectivity index (χ1) is 7.40. The van der Waals surface area contributed by atoms with E-state index in [0.29, 0.717) is 0 Å². The molecule has 0 aromatic rings. The summed E-state index contributed by atoms with van der Waals surface area (Å²) in [6, 6.07) is -1.10. The van der Waals surface area contributed by atoms with Gasteiger partial charge in [-0.05, 0) is 18.8 Å². The van der Waals surface area contributed by atoms with Gasteiger partial charge in [-0.3, -0.25) is 4.79 Å². The zero-order valence-electron chi connectivity index (χ0n) is 8.74. The van der Waals surface area contributed by atoms with E-state index in [0.717, 1.165) is 17.1 Å². The topological polar surface area (TPSA) is 94.9 Å². The molecule has 0 unspecified atom stereocenters. The number of β-amino-alcohol motifs (C(OH)–C–C–N with tert-alkyl or cyclic N) is 1. The minimum absolute atomic E-state index is 0.0147. The first kappa shape index (κ1) is 11.8. The number of hydrogen-bond donors (Lipinski definition) is 2. The molecule has 7 heteroatoms. The number of carboxylic acids is 1. The Morgan fingerprint density at radius 3 is 2.50 bits per heavy atom. The molecular formula is C9H15NO5S. The molecular weight excluding hydrogens is 234 g/mol. The Morgan fingerprint density at radius 2 is 2.00 bits per heavy atom. The van der Waals surface area contributed by atoms with Crippen molar-refractivity contribution in [2.24, 2.45) is 5.92 Å². The molecule has 1 saturated carbocycles. The Labute approximate surface area is 93.9 Å². The molecule has 2 atom stereocenters. The van der Waals surface area contributed by atoms with Gasteiger partial charge < -0.3 is 10.2 Å². The molecule has 16 heavy (non-hydrogen) atoms. The van der Waals surface area contributed by atoms with E-state index in [2.05, 4.69) is 0 Å². The summed E-state index contributed by atoms with van der Waals surface area (Å²) >= 11 is 0. The minimum atomic E-state index is -3.53. The number of sulfonamides is 1. The van der Waals surface area contributed by atoms with Crippen LogP contribution >= 0.6 is 0 Å². The largest absolute Gasteiger partial charge is 0.480 e. The Balaban J connectivity index is 2.14. The second-order valence-corrected chi connectivity index (χ2v) is 6.50. The van der Waals surface area contributed by atoms with Crippen LogP contribution in [0.15, 0.2) is 0 Å². The lowest BCUT2D eigenvalue weighted by Gasteiger charge is -2.20. The lowest BCUT2D eigenvalue weighted by molar-refractivity contribution is -0.140. The van der Waals surface area contributed by atoms with Crippen LogP contribution in [0.3, 0.4) is 0 Å². The van der Waals surface area contributed by atoms with E-state index in [1.165, 1.54) is 0 Å². The third kappa shape index (κ3) is 2.36. The van der Waals surface area contributed by atoms with Gasteiger partial charge in [-0.25, -0.2) is 8.42 Å². The highest BCUT2D eigenvalue weighted by Crippen LogP contribution is 2.33. The molecule has 0 bridgehead atoms. The number of aliphatic carboxylic acids is 1. The smallest absolute Gasteiger partial charge is 0.322 e. The van der Waals surface area contributed by atoms with Gasteiger partial charge in [0, 0.05) is 13.0 Å². The number of aliphatic hydroxyl groups excluding tert-OH is 1.